The van der Waals surface area contributed by atoms with Crippen LogP contribution in [-0.2, 0) is 17.8 Å². The van der Waals surface area contributed by atoms with Crippen LogP contribution < -0.4 is 10.9 Å². The molecule has 1 amide bonds. The fraction of sp³-hybridized carbons (Fsp3) is 0.200. The summed E-state index contributed by atoms with van der Waals surface area (Å²) in [4.78, 5) is 26.8. The van der Waals surface area contributed by atoms with Crippen molar-refractivity contribution in [3.63, 3.8) is 0 Å². The van der Waals surface area contributed by atoms with Crippen LogP contribution in [0.15, 0.2) is 53.3 Å². The first-order valence-corrected chi connectivity index (χ1v) is 8.15. The smallest absolute Gasteiger partial charge is 0.251 e. The second-order valence-corrected chi connectivity index (χ2v) is 6.06. The number of amides is 1. The van der Waals surface area contributed by atoms with E-state index in [-0.39, 0.29) is 17.9 Å². The van der Waals surface area contributed by atoms with Crippen molar-refractivity contribution < 1.29 is 9.18 Å². The van der Waals surface area contributed by atoms with Crippen LogP contribution >= 0.6 is 0 Å². The third-order valence-electron chi connectivity index (χ3n) is 4.24. The molecule has 2 N–H and O–H groups in total. The molecule has 0 aliphatic rings. The first-order chi connectivity index (χ1) is 12.0. The van der Waals surface area contributed by atoms with Crippen LogP contribution in [0.25, 0.3) is 10.9 Å². The molecule has 0 fully saturated rings. The van der Waals surface area contributed by atoms with Gasteiger partial charge in [-0.1, -0.05) is 24.3 Å². The van der Waals surface area contributed by atoms with Crippen LogP contribution in [0, 0.1) is 12.7 Å². The van der Waals surface area contributed by atoms with Crippen LogP contribution in [0.1, 0.15) is 23.1 Å². The van der Waals surface area contributed by atoms with E-state index in [9.17, 15) is 14.0 Å². The van der Waals surface area contributed by atoms with Gasteiger partial charge in [-0.05, 0) is 54.1 Å². The summed E-state index contributed by atoms with van der Waals surface area (Å²) in [6.45, 7) is 2.47. The van der Waals surface area contributed by atoms with Gasteiger partial charge in [0.25, 0.3) is 5.56 Å². The molecule has 1 aromatic heterocycles. The number of fused-ring (bicyclic) bond motifs is 1. The lowest BCUT2D eigenvalue weighted by molar-refractivity contribution is -0.121. The molecule has 0 atom stereocenters. The number of aromatic amines is 1. The van der Waals surface area contributed by atoms with Crippen molar-refractivity contribution in [3.05, 3.63) is 81.4 Å². The van der Waals surface area contributed by atoms with Gasteiger partial charge in [-0.2, -0.15) is 0 Å². The predicted octanol–water partition coefficient (Wildman–Crippen LogP) is 3.22. The highest BCUT2D eigenvalue weighted by molar-refractivity contribution is 5.79. The zero-order valence-electron chi connectivity index (χ0n) is 13.9. The number of aryl methyl sites for hydroxylation is 2. The number of H-pyrrole nitrogens is 1. The molecule has 5 heteroatoms. The van der Waals surface area contributed by atoms with E-state index in [1.54, 1.807) is 12.1 Å². The van der Waals surface area contributed by atoms with Crippen molar-refractivity contribution in [2.24, 2.45) is 0 Å². The van der Waals surface area contributed by atoms with E-state index in [1.165, 1.54) is 12.1 Å². The number of benzene rings is 2. The van der Waals surface area contributed by atoms with Crippen molar-refractivity contribution in [3.8, 4) is 0 Å². The monoisotopic (exact) mass is 338 g/mol. The molecule has 25 heavy (non-hydrogen) atoms. The second kappa shape index (κ2) is 7.30. The number of hydrogen-bond acceptors (Lipinski definition) is 2. The molecule has 1 heterocycles. The zero-order valence-corrected chi connectivity index (χ0v) is 13.9. The van der Waals surface area contributed by atoms with Crippen molar-refractivity contribution >= 4 is 16.8 Å². The molecule has 0 radical (unpaired) electrons. The Labute approximate surface area is 144 Å². The maximum absolute atomic E-state index is 13.2. The van der Waals surface area contributed by atoms with E-state index in [2.05, 4.69) is 10.3 Å². The first-order valence-electron chi connectivity index (χ1n) is 8.15. The summed E-state index contributed by atoms with van der Waals surface area (Å²) < 4.78 is 13.2. The summed E-state index contributed by atoms with van der Waals surface area (Å²) >= 11 is 0. The van der Waals surface area contributed by atoms with Crippen molar-refractivity contribution in [1.82, 2.24) is 10.3 Å². The molecule has 0 bridgehead atoms. The number of pyridine rings is 1. The molecule has 0 aliphatic heterocycles. The van der Waals surface area contributed by atoms with E-state index in [1.807, 2.05) is 31.2 Å². The van der Waals surface area contributed by atoms with Crippen molar-refractivity contribution in [2.45, 2.75) is 26.3 Å². The number of rotatable bonds is 5. The van der Waals surface area contributed by atoms with E-state index in [4.69, 9.17) is 0 Å². The van der Waals surface area contributed by atoms with Gasteiger partial charge in [0.2, 0.25) is 5.91 Å². The third kappa shape index (κ3) is 4.12. The molecule has 3 aromatic rings. The molecular weight excluding hydrogens is 319 g/mol. The molecule has 3 rings (SSSR count). The maximum atomic E-state index is 13.2. The second-order valence-electron chi connectivity index (χ2n) is 6.06. The van der Waals surface area contributed by atoms with E-state index >= 15 is 0 Å². The van der Waals surface area contributed by atoms with Crippen molar-refractivity contribution in [1.29, 1.82) is 0 Å². The van der Waals surface area contributed by atoms with Gasteiger partial charge < -0.3 is 10.3 Å². The number of hydrogen-bond donors (Lipinski definition) is 2. The minimum atomic E-state index is -0.397. The minimum Gasteiger partial charge on any atom is -0.352 e. The highest BCUT2D eigenvalue weighted by atomic mass is 19.1. The van der Waals surface area contributed by atoms with E-state index in [0.717, 1.165) is 16.5 Å². The number of carbonyl (C=O) groups excluding carboxylic acids is 1. The Hall–Kier alpha value is -2.95. The van der Waals surface area contributed by atoms with Crippen LogP contribution in [0.4, 0.5) is 4.39 Å². The van der Waals surface area contributed by atoms with Crippen LogP contribution in [0.5, 0.6) is 0 Å². The number of nitrogens with one attached hydrogen (secondary N) is 2. The quantitative estimate of drug-likeness (QED) is 0.750. The molecule has 0 aliphatic carbocycles. The third-order valence-corrected chi connectivity index (χ3v) is 4.24. The fourth-order valence-electron chi connectivity index (χ4n) is 2.74. The van der Waals surface area contributed by atoms with E-state index < -0.39 is 5.82 Å². The average molecular weight is 338 g/mol. The summed E-state index contributed by atoms with van der Waals surface area (Å²) in [5.74, 6) is -0.506. The number of aromatic nitrogens is 1. The van der Waals surface area contributed by atoms with Crippen LogP contribution in [0.2, 0.25) is 0 Å². The summed E-state index contributed by atoms with van der Waals surface area (Å²) in [6, 6.07) is 13.8. The lowest BCUT2D eigenvalue weighted by atomic mass is 10.1. The summed E-state index contributed by atoms with van der Waals surface area (Å²) in [7, 11) is 0. The van der Waals surface area contributed by atoms with Gasteiger partial charge in [0.05, 0.1) is 5.52 Å². The Morgan fingerprint density at radius 2 is 1.92 bits per heavy atom. The summed E-state index contributed by atoms with van der Waals surface area (Å²) in [6.07, 6.45) is 0.559. The predicted molar refractivity (Wildman–Crippen MR) is 95.9 cm³/mol. The first kappa shape index (κ1) is 16.9. The summed E-state index contributed by atoms with van der Waals surface area (Å²) in [5, 5.41) is 3.62. The van der Waals surface area contributed by atoms with Gasteiger partial charge in [0.15, 0.2) is 0 Å². The molecule has 0 saturated heterocycles. The average Bonchev–Trinajstić information content (AvgIpc) is 2.59. The highest BCUT2D eigenvalue weighted by Gasteiger charge is 2.08. The van der Waals surface area contributed by atoms with Gasteiger partial charge >= 0.3 is 0 Å². The Morgan fingerprint density at radius 1 is 1.12 bits per heavy atom. The van der Waals surface area contributed by atoms with E-state index in [0.29, 0.717) is 24.0 Å². The maximum Gasteiger partial charge on any atom is 0.251 e. The molecule has 0 saturated carbocycles. The Kier molecular flexibility index (Phi) is 4.93. The Morgan fingerprint density at radius 3 is 2.72 bits per heavy atom. The normalized spacial score (nSPS) is 10.8. The van der Waals surface area contributed by atoms with Crippen LogP contribution in [0.3, 0.4) is 0 Å². The number of carbonyl (C=O) groups is 1. The van der Waals surface area contributed by atoms with Crippen molar-refractivity contribution in [2.75, 3.05) is 0 Å². The SMILES string of the molecule is Cc1ccccc1CNC(=O)CCc1cc2ccc(F)cc2[nH]c1=O. The van der Waals surface area contributed by atoms with Gasteiger partial charge in [0.1, 0.15) is 5.82 Å². The molecule has 0 unspecified atom stereocenters. The molecule has 2 aromatic carbocycles. The number of halogens is 1. The standard InChI is InChI=1S/C20H19FN2O2/c1-13-4-2-3-5-16(13)12-22-19(24)9-7-15-10-14-6-8-17(21)11-18(14)23-20(15)25/h2-6,8,10-11H,7,9,12H2,1H3,(H,22,24)(H,23,25). The Balaban J connectivity index is 1.63. The van der Waals surface area contributed by atoms with Gasteiger partial charge in [0, 0.05) is 18.5 Å². The van der Waals surface area contributed by atoms with Gasteiger partial charge in [-0.3, -0.25) is 9.59 Å². The van der Waals surface area contributed by atoms with Gasteiger partial charge in [-0.15, -0.1) is 0 Å². The lowest BCUT2D eigenvalue weighted by Gasteiger charge is -2.08. The minimum absolute atomic E-state index is 0.109. The van der Waals surface area contributed by atoms with Gasteiger partial charge in [-0.25, -0.2) is 4.39 Å². The fourth-order valence-corrected chi connectivity index (χ4v) is 2.74. The molecule has 0 spiro atoms. The molecular formula is C20H19FN2O2. The zero-order chi connectivity index (χ0) is 17.8. The lowest BCUT2D eigenvalue weighted by Crippen LogP contribution is -2.24. The van der Waals surface area contributed by atoms with Crippen LogP contribution in [-0.4, -0.2) is 10.9 Å². The molecule has 128 valence electrons. The topological polar surface area (TPSA) is 62.0 Å². The molecule has 4 nitrogen and oxygen atoms in total. The summed E-state index contributed by atoms with van der Waals surface area (Å²) in [5.41, 5.74) is 2.88. The highest BCUT2D eigenvalue weighted by Crippen LogP contribution is 2.13. The Bertz CT molecular complexity index is 979. The largest absolute Gasteiger partial charge is 0.352 e.